The number of benzene rings is 2. The summed E-state index contributed by atoms with van der Waals surface area (Å²) in [6, 6.07) is 14.2. The number of imidazole rings is 1. The Morgan fingerprint density at radius 1 is 0.929 bits per heavy atom. The minimum atomic E-state index is -0.328. The average Bonchev–Trinajstić information content (AvgIpc) is 3.27. The number of rotatable bonds is 14. The highest BCUT2D eigenvalue weighted by atomic mass is 16.5. The lowest BCUT2D eigenvalue weighted by Crippen LogP contribution is -2.30. The fourth-order valence-corrected chi connectivity index (χ4v) is 6.16. The average molecular weight is 578 g/mol. The van der Waals surface area contributed by atoms with Gasteiger partial charge < -0.3 is 19.5 Å². The molecule has 0 spiro atoms. The molecule has 7 heteroatoms. The smallest absolute Gasteiger partial charge is 0.337 e. The van der Waals surface area contributed by atoms with Gasteiger partial charge in [0.15, 0.2) is 0 Å². The van der Waals surface area contributed by atoms with Gasteiger partial charge in [-0.05, 0) is 99.1 Å². The van der Waals surface area contributed by atoms with Crippen molar-refractivity contribution in [1.82, 2.24) is 19.4 Å². The number of nitrogens with one attached hydrogen (secondary N) is 1. The molecule has 0 amide bonds. The molecule has 0 unspecified atom stereocenters. The van der Waals surface area contributed by atoms with Crippen LogP contribution in [0.4, 0.5) is 11.6 Å². The van der Waals surface area contributed by atoms with E-state index in [1.54, 1.807) is 12.1 Å². The summed E-state index contributed by atoms with van der Waals surface area (Å²) in [5.74, 6) is 1.78. The van der Waals surface area contributed by atoms with E-state index in [-0.39, 0.29) is 7.40 Å². The molecule has 1 aliphatic heterocycles. The SMILES string of the molecule is COC(=O)c1ccc(Nc2nc3ccc(CN(CC(C)C)CC(C)C)cc3n2CCCCN2CCCCCCC2)cc1.[HH]. The molecule has 7 nitrogen and oxygen atoms in total. The topological polar surface area (TPSA) is 62.6 Å². The number of fused-ring (bicyclic) bond motifs is 1. The van der Waals surface area contributed by atoms with Crippen molar-refractivity contribution in [2.45, 2.75) is 85.7 Å². The van der Waals surface area contributed by atoms with E-state index in [0.29, 0.717) is 17.4 Å². The van der Waals surface area contributed by atoms with E-state index in [2.05, 4.69) is 65.6 Å². The van der Waals surface area contributed by atoms with Crippen molar-refractivity contribution < 1.29 is 11.0 Å². The first-order valence-electron chi connectivity index (χ1n) is 16.2. The van der Waals surface area contributed by atoms with Crippen LogP contribution in [0.2, 0.25) is 0 Å². The molecule has 1 aliphatic rings. The quantitative estimate of drug-likeness (QED) is 0.155. The Hall–Kier alpha value is -2.90. The van der Waals surface area contributed by atoms with Crippen molar-refractivity contribution in [3.63, 3.8) is 0 Å². The Kier molecular flexibility index (Phi) is 12.3. The zero-order valence-electron chi connectivity index (χ0n) is 26.7. The normalized spacial score (nSPS) is 15.0. The summed E-state index contributed by atoms with van der Waals surface area (Å²) >= 11 is 0. The van der Waals surface area contributed by atoms with Crippen LogP contribution in [0.3, 0.4) is 0 Å². The minimum absolute atomic E-state index is 0. The van der Waals surface area contributed by atoms with E-state index < -0.39 is 0 Å². The van der Waals surface area contributed by atoms with E-state index >= 15 is 0 Å². The number of carbonyl (C=O) groups excluding carboxylic acids is 1. The first-order chi connectivity index (χ1) is 20.3. The Morgan fingerprint density at radius 3 is 2.21 bits per heavy atom. The molecule has 2 heterocycles. The zero-order chi connectivity index (χ0) is 29.9. The second-order valence-corrected chi connectivity index (χ2v) is 12.9. The second-order valence-electron chi connectivity index (χ2n) is 12.9. The highest BCUT2D eigenvalue weighted by Crippen LogP contribution is 2.26. The molecule has 0 radical (unpaired) electrons. The highest BCUT2D eigenvalue weighted by molar-refractivity contribution is 5.89. The summed E-state index contributed by atoms with van der Waals surface area (Å²) in [6.07, 6.45) is 9.11. The molecule has 1 aromatic heterocycles. The number of nitrogens with zero attached hydrogens (tertiary/aromatic N) is 4. The molecule has 1 N–H and O–H groups in total. The molecule has 0 bridgehead atoms. The predicted octanol–water partition coefficient (Wildman–Crippen LogP) is 7.97. The van der Waals surface area contributed by atoms with Gasteiger partial charge in [-0.2, -0.15) is 0 Å². The number of anilines is 2. The molecule has 3 aromatic rings. The van der Waals surface area contributed by atoms with Gasteiger partial charge in [-0.25, -0.2) is 9.78 Å². The maximum Gasteiger partial charge on any atom is 0.337 e. The van der Waals surface area contributed by atoms with Gasteiger partial charge in [0.1, 0.15) is 0 Å². The van der Waals surface area contributed by atoms with Gasteiger partial charge >= 0.3 is 5.97 Å². The van der Waals surface area contributed by atoms with Crippen molar-refractivity contribution in [2.75, 3.05) is 45.2 Å². The van der Waals surface area contributed by atoms with Crippen LogP contribution in [-0.2, 0) is 17.8 Å². The Labute approximate surface area is 255 Å². The third-order valence-electron chi connectivity index (χ3n) is 8.08. The summed E-state index contributed by atoms with van der Waals surface area (Å²) in [5.41, 5.74) is 4.97. The fraction of sp³-hybridized carbons (Fsp3) is 0.600. The number of methoxy groups -OCH3 is 1. The number of unbranched alkanes of at least 4 members (excludes halogenated alkanes) is 1. The lowest BCUT2D eigenvalue weighted by molar-refractivity contribution is 0.0600. The van der Waals surface area contributed by atoms with Gasteiger partial charge in [-0.3, -0.25) is 4.90 Å². The van der Waals surface area contributed by atoms with Gasteiger partial charge in [0.25, 0.3) is 0 Å². The first-order valence-corrected chi connectivity index (χ1v) is 16.2. The fourth-order valence-electron chi connectivity index (χ4n) is 6.16. The molecule has 232 valence electrons. The van der Waals surface area contributed by atoms with Crippen LogP contribution in [0.25, 0.3) is 11.0 Å². The molecule has 0 atom stereocenters. The van der Waals surface area contributed by atoms with Crippen molar-refractivity contribution in [2.24, 2.45) is 11.8 Å². The summed E-state index contributed by atoms with van der Waals surface area (Å²) < 4.78 is 7.22. The lowest BCUT2D eigenvalue weighted by atomic mass is 10.1. The Balaban J connectivity index is 0.00000506. The molecule has 2 aromatic carbocycles. The standard InChI is InChI=1S/C35H53N5O2.H2/c1-27(2)24-39(25-28(3)4)26-29-13-18-32-33(23-29)40(22-12-11-21-38-19-9-7-6-8-10-20-38)35(37-32)36-31-16-14-30(15-17-31)34(41)42-5;/h13-18,23,27-28H,6-12,19-22,24-26H2,1-5H3,(H,36,37);1H. The van der Waals surface area contributed by atoms with Gasteiger partial charge in [0.2, 0.25) is 5.95 Å². The van der Waals surface area contributed by atoms with E-state index in [9.17, 15) is 4.79 Å². The van der Waals surface area contributed by atoms with Crippen LogP contribution in [0.15, 0.2) is 42.5 Å². The van der Waals surface area contributed by atoms with Crippen LogP contribution in [-0.4, -0.2) is 65.2 Å². The summed E-state index contributed by atoms with van der Waals surface area (Å²) in [6.45, 7) is 16.9. The van der Waals surface area contributed by atoms with Crippen LogP contribution in [0, 0.1) is 11.8 Å². The third-order valence-corrected chi connectivity index (χ3v) is 8.08. The number of hydrogen-bond donors (Lipinski definition) is 1. The molecule has 0 saturated carbocycles. The number of aryl methyl sites for hydroxylation is 1. The van der Waals surface area contributed by atoms with Crippen LogP contribution < -0.4 is 5.32 Å². The Bertz CT molecular complexity index is 1240. The van der Waals surface area contributed by atoms with E-state index in [0.717, 1.165) is 49.8 Å². The molecule has 42 heavy (non-hydrogen) atoms. The number of aromatic nitrogens is 2. The highest BCUT2D eigenvalue weighted by Gasteiger charge is 2.16. The van der Waals surface area contributed by atoms with Crippen molar-refractivity contribution >= 4 is 28.6 Å². The number of esters is 1. The van der Waals surface area contributed by atoms with Crippen LogP contribution in [0.5, 0.6) is 0 Å². The predicted molar refractivity (Wildman–Crippen MR) is 177 cm³/mol. The maximum atomic E-state index is 11.9. The first kappa shape index (κ1) is 32.0. The zero-order valence-corrected chi connectivity index (χ0v) is 26.7. The van der Waals surface area contributed by atoms with E-state index in [1.807, 2.05) is 12.1 Å². The molecule has 1 fully saturated rings. The summed E-state index contributed by atoms with van der Waals surface area (Å²) in [7, 11) is 1.41. The van der Waals surface area contributed by atoms with Crippen LogP contribution in [0.1, 0.15) is 90.0 Å². The second kappa shape index (κ2) is 16.1. The molecule has 4 rings (SSSR count). The van der Waals surface area contributed by atoms with E-state index in [4.69, 9.17) is 9.72 Å². The van der Waals surface area contributed by atoms with Crippen molar-refractivity contribution in [1.29, 1.82) is 0 Å². The molecule has 1 saturated heterocycles. The summed E-state index contributed by atoms with van der Waals surface area (Å²) in [5, 5.41) is 3.54. The van der Waals surface area contributed by atoms with Gasteiger partial charge in [-0.1, -0.05) is 53.0 Å². The lowest BCUT2D eigenvalue weighted by Gasteiger charge is -2.26. The van der Waals surface area contributed by atoms with Gasteiger partial charge in [0.05, 0.1) is 23.7 Å². The van der Waals surface area contributed by atoms with Gasteiger partial charge in [-0.15, -0.1) is 0 Å². The molecular weight excluding hydrogens is 522 g/mol. The number of likely N-dealkylation sites (tertiary alicyclic amines) is 1. The minimum Gasteiger partial charge on any atom is -0.465 e. The molecular formula is C35H55N5O2. The number of carbonyl (C=O) groups is 1. The maximum absolute atomic E-state index is 11.9. The monoisotopic (exact) mass is 577 g/mol. The largest absolute Gasteiger partial charge is 0.465 e. The van der Waals surface area contributed by atoms with Crippen LogP contribution >= 0.6 is 0 Å². The number of ether oxygens (including phenoxy) is 1. The molecule has 0 aliphatic carbocycles. The Morgan fingerprint density at radius 2 is 1.57 bits per heavy atom. The van der Waals surface area contributed by atoms with E-state index in [1.165, 1.54) is 76.3 Å². The number of hydrogen-bond acceptors (Lipinski definition) is 6. The summed E-state index contributed by atoms with van der Waals surface area (Å²) in [4.78, 5) is 22.2. The van der Waals surface area contributed by atoms with Crippen molar-refractivity contribution in [3.05, 3.63) is 53.6 Å². The van der Waals surface area contributed by atoms with Crippen molar-refractivity contribution in [3.8, 4) is 0 Å². The third kappa shape index (κ3) is 9.56. The van der Waals surface area contributed by atoms with Gasteiger partial charge in [0, 0.05) is 33.3 Å².